The minimum Gasteiger partial charge on any atom is -0.311 e. The van der Waals surface area contributed by atoms with Crippen molar-refractivity contribution in [2.45, 2.75) is 12.8 Å². The summed E-state index contributed by atoms with van der Waals surface area (Å²) in [7, 11) is 0. The molecular weight excluding hydrogens is 376 g/mol. The number of imide groups is 1. The van der Waals surface area contributed by atoms with Crippen LogP contribution in [0.2, 0.25) is 0 Å². The minimum atomic E-state index is -0.269. The summed E-state index contributed by atoms with van der Waals surface area (Å²) >= 11 is 0. The van der Waals surface area contributed by atoms with E-state index in [2.05, 4.69) is 12.2 Å². The first-order valence-electron chi connectivity index (χ1n) is 10.6. The largest absolute Gasteiger partial charge is 0.311 e. The van der Waals surface area contributed by atoms with Gasteiger partial charge in [0.15, 0.2) is 0 Å². The minimum absolute atomic E-state index is 0.153. The first-order chi connectivity index (χ1) is 14.6. The molecule has 5 rings (SSSR count). The molecule has 3 amide bonds. The van der Waals surface area contributed by atoms with E-state index in [1.165, 1.54) is 4.90 Å². The van der Waals surface area contributed by atoms with Gasteiger partial charge < -0.3 is 4.90 Å². The van der Waals surface area contributed by atoms with Gasteiger partial charge in [-0.2, -0.15) is 0 Å². The number of benzene rings is 2. The van der Waals surface area contributed by atoms with Gasteiger partial charge in [0.1, 0.15) is 6.54 Å². The Morgan fingerprint density at radius 2 is 1.43 bits per heavy atom. The van der Waals surface area contributed by atoms with Gasteiger partial charge in [-0.05, 0) is 42.4 Å². The maximum absolute atomic E-state index is 13.3. The van der Waals surface area contributed by atoms with Crippen molar-refractivity contribution in [1.29, 1.82) is 0 Å². The Morgan fingerprint density at radius 3 is 2.03 bits per heavy atom. The maximum Gasteiger partial charge on any atom is 0.247 e. The highest BCUT2D eigenvalue weighted by Crippen LogP contribution is 2.52. The second kappa shape index (κ2) is 7.56. The fraction of sp³-hybridized carbons (Fsp3) is 0.320. The van der Waals surface area contributed by atoms with Crippen LogP contribution in [0.4, 0.5) is 5.69 Å². The van der Waals surface area contributed by atoms with Crippen molar-refractivity contribution >= 4 is 23.4 Å². The second-order valence-electron chi connectivity index (χ2n) is 8.38. The zero-order chi connectivity index (χ0) is 20.7. The number of allylic oxidation sites excluding steroid dienone is 2. The summed E-state index contributed by atoms with van der Waals surface area (Å²) in [5, 5.41) is 0. The van der Waals surface area contributed by atoms with Crippen molar-refractivity contribution in [2.75, 3.05) is 18.0 Å². The summed E-state index contributed by atoms with van der Waals surface area (Å²) in [6.45, 7) is 0.302. The smallest absolute Gasteiger partial charge is 0.247 e. The number of carbonyl (C=O) groups excluding carboxylic acids is 3. The lowest BCUT2D eigenvalue weighted by molar-refractivity contribution is -0.143. The van der Waals surface area contributed by atoms with Gasteiger partial charge in [0.2, 0.25) is 17.7 Å². The van der Waals surface area contributed by atoms with Crippen molar-refractivity contribution in [3.8, 4) is 0 Å². The molecule has 3 aliphatic rings. The molecule has 2 fully saturated rings. The topological polar surface area (TPSA) is 57.7 Å². The van der Waals surface area contributed by atoms with Crippen LogP contribution in [0.5, 0.6) is 0 Å². The van der Waals surface area contributed by atoms with E-state index in [-0.39, 0.29) is 47.9 Å². The number of rotatable bonds is 6. The molecule has 5 nitrogen and oxygen atoms in total. The number of anilines is 1. The predicted molar refractivity (Wildman–Crippen MR) is 113 cm³/mol. The zero-order valence-corrected chi connectivity index (χ0v) is 16.7. The molecule has 1 saturated carbocycles. The third kappa shape index (κ3) is 3.15. The van der Waals surface area contributed by atoms with E-state index < -0.39 is 0 Å². The van der Waals surface area contributed by atoms with E-state index in [4.69, 9.17) is 0 Å². The maximum atomic E-state index is 13.3. The van der Waals surface area contributed by atoms with Crippen LogP contribution in [-0.2, 0) is 20.8 Å². The third-order valence-corrected chi connectivity index (χ3v) is 6.69. The van der Waals surface area contributed by atoms with E-state index in [0.717, 1.165) is 17.7 Å². The van der Waals surface area contributed by atoms with Crippen LogP contribution < -0.4 is 4.90 Å². The van der Waals surface area contributed by atoms with Gasteiger partial charge in [0, 0.05) is 12.2 Å². The Morgan fingerprint density at radius 1 is 0.867 bits per heavy atom. The zero-order valence-electron chi connectivity index (χ0n) is 16.7. The number of fused-ring (bicyclic) bond motifs is 5. The highest BCUT2D eigenvalue weighted by atomic mass is 16.2. The molecule has 2 aliphatic carbocycles. The van der Waals surface area contributed by atoms with Gasteiger partial charge in [-0.15, -0.1) is 0 Å². The average molecular weight is 400 g/mol. The van der Waals surface area contributed by atoms with Crippen LogP contribution >= 0.6 is 0 Å². The summed E-state index contributed by atoms with van der Waals surface area (Å²) in [5.41, 5.74) is 1.91. The lowest BCUT2D eigenvalue weighted by atomic mass is 9.85. The lowest BCUT2D eigenvalue weighted by Gasteiger charge is -2.26. The quantitative estimate of drug-likeness (QED) is 0.553. The SMILES string of the molecule is O=C1C2C3C=CC(C3)C2C(=O)N1CC(=O)N(CCc1ccccc1)c1ccccc1. The van der Waals surface area contributed by atoms with Crippen molar-refractivity contribution in [3.05, 3.63) is 78.4 Å². The van der Waals surface area contributed by atoms with Crippen LogP contribution in [0.15, 0.2) is 72.8 Å². The van der Waals surface area contributed by atoms with Crippen molar-refractivity contribution in [1.82, 2.24) is 4.90 Å². The molecular formula is C25H24N2O3. The molecule has 2 aromatic rings. The molecule has 30 heavy (non-hydrogen) atoms. The van der Waals surface area contributed by atoms with Crippen LogP contribution in [0.1, 0.15) is 12.0 Å². The molecule has 4 atom stereocenters. The highest BCUT2D eigenvalue weighted by Gasteiger charge is 2.59. The predicted octanol–water partition coefficient (Wildman–Crippen LogP) is 3.07. The van der Waals surface area contributed by atoms with Crippen LogP contribution in [0.3, 0.4) is 0 Å². The number of hydrogen-bond acceptors (Lipinski definition) is 3. The van der Waals surface area contributed by atoms with E-state index >= 15 is 0 Å². The molecule has 5 heteroatoms. The number of nitrogens with zero attached hydrogens (tertiary/aromatic N) is 2. The monoisotopic (exact) mass is 400 g/mol. The number of hydrogen-bond donors (Lipinski definition) is 0. The van der Waals surface area contributed by atoms with Crippen molar-refractivity contribution in [2.24, 2.45) is 23.7 Å². The molecule has 2 aromatic carbocycles. The normalized spacial score (nSPS) is 26.3. The van der Waals surface area contributed by atoms with Crippen molar-refractivity contribution in [3.63, 3.8) is 0 Å². The van der Waals surface area contributed by atoms with Crippen LogP contribution in [-0.4, -0.2) is 35.7 Å². The Balaban J connectivity index is 1.34. The first kappa shape index (κ1) is 18.8. The van der Waals surface area contributed by atoms with Crippen LogP contribution in [0.25, 0.3) is 0 Å². The molecule has 4 unspecified atom stereocenters. The molecule has 0 spiro atoms. The summed E-state index contributed by atoms with van der Waals surface area (Å²) in [5.74, 6) is -0.805. The number of para-hydroxylation sites is 1. The Hall–Kier alpha value is -3.21. The van der Waals surface area contributed by atoms with E-state index in [0.29, 0.717) is 13.0 Å². The van der Waals surface area contributed by atoms with E-state index in [1.807, 2.05) is 60.7 Å². The number of carbonyl (C=O) groups is 3. The Kier molecular flexibility index (Phi) is 4.74. The fourth-order valence-corrected chi connectivity index (χ4v) is 5.23. The van der Waals surface area contributed by atoms with Gasteiger partial charge in [-0.25, -0.2) is 0 Å². The molecule has 1 aliphatic heterocycles. The number of likely N-dealkylation sites (tertiary alicyclic amines) is 1. The first-order valence-corrected chi connectivity index (χ1v) is 10.6. The van der Waals surface area contributed by atoms with E-state index in [9.17, 15) is 14.4 Å². The molecule has 0 N–H and O–H groups in total. The Labute approximate surface area is 176 Å². The summed E-state index contributed by atoms with van der Waals surface area (Å²) in [6, 6.07) is 19.4. The summed E-state index contributed by atoms with van der Waals surface area (Å²) in [6.07, 6.45) is 5.72. The standard InChI is InChI=1S/C25H24N2O3/c28-21(16-27-24(29)22-18-11-12-19(15-18)23(22)25(27)30)26(20-9-5-2-6-10-20)14-13-17-7-3-1-4-8-17/h1-12,18-19,22-23H,13-16H2. The second-order valence-corrected chi connectivity index (χ2v) is 8.38. The lowest BCUT2D eigenvalue weighted by Crippen LogP contribution is -2.44. The molecule has 0 aromatic heterocycles. The third-order valence-electron chi connectivity index (χ3n) is 6.69. The van der Waals surface area contributed by atoms with Gasteiger partial charge in [-0.3, -0.25) is 19.3 Å². The molecule has 1 saturated heterocycles. The van der Waals surface area contributed by atoms with Gasteiger partial charge >= 0.3 is 0 Å². The van der Waals surface area contributed by atoms with Gasteiger partial charge in [0.25, 0.3) is 0 Å². The number of amides is 3. The summed E-state index contributed by atoms with van der Waals surface area (Å²) in [4.78, 5) is 42.1. The molecule has 1 heterocycles. The van der Waals surface area contributed by atoms with Gasteiger partial charge in [-0.1, -0.05) is 60.7 Å². The Bertz CT molecular complexity index is 972. The molecule has 152 valence electrons. The fourth-order valence-electron chi connectivity index (χ4n) is 5.23. The molecule has 2 bridgehead atoms. The average Bonchev–Trinajstić information content (AvgIpc) is 3.46. The van der Waals surface area contributed by atoms with E-state index in [1.54, 1.807) is 4.90 Å². The highest BCUT2D eigenvalue weighted by molar-refractivity contribution is 6.10. The molecule has 0 radical (unpaired) electrons. The van der Waals surface area contributed by atoms with Crippen molar-refractivity contribution < 1.29 is 14.4 Å². The summed E-state index contributed by atoms with van der Waals surface area (Å²) < 4.78 is 0. The van der Waals surface area contributed by atoms with Gasteiger partial charge in [0.05, 0.1) is 11.8 Å². The van der Waals surface area contributed by atoms with Crippen LogP contribution in [0, 0.1) is 23.7 Å².